The molecule has 1 unspecified atom stereocenters. The molecule has 88 valence electrons. The lowest BCUT2D eigenvalue weighted by Crippen LogP contribution is -2.23. The van der Waals surface area contributed by atoms with E-state index in [0.717, 1.165) is 31.3 Å². The summed E-state index contributed by atoms with van der Waals surface area (Å²) in [6.07, 6.45) is 1.30. The van der Waals surface area contributed by atoms with Gasteiger partial charge in [-0.1, -0.05) is 12.1 Å². The predicted molar refractivity (Wildman–Crippen MR) is 65.7 cm³/mol. The summed E-state index contributed by atoms with van der Waals surface area (Å²) in [5, 5.41) is 6.88. The molecule has 1 aromatic carbocycles. The van der Waals surface area contributed by atoms with Gasteiger partial charge in [0.1, 0.15) is 5.75 Å². The first kappa shape index (κ1) is 11.4. The number of ether oxygens (including phenoxy) is 1. The Morgan fingerprint density at radius 2 is 2.19 bits per heavy atom. The lowest BCUT2D eigenvalue weighted by atomic mass is 10.1. The van der Waals surface area contributed by atoms with Crippen LogP contribution in [0.25, 0.3) is 0 Å². The van der Waals surface area contributed by atoms with Crippen molar-refractivity contribution in [3.05, 3.63) is 29.8 Å². The van der Waals surface area contributed by atoms with E-state index in [0.29, 0.717) is 0 Å². The lowest BCUT2D eigenvalue weighted by Gasteiger charge is -2.10. The van der Waals surface area contributed by atoms with Crippen molar-refractivity contribution in [3.8, 4) is 5.75 Å². The molecule has 0 amide bonds. The molecule has 0 aliphatic carbocycles. The average Bonchev–Trinajstić information content (AvgIpc) is 2.83. The molecule has 0 spiro atoms. The first-order valence-corrected chi connectivity index (χ1v) is 5.93. The van der Waals surface area contributed by atoms with E-state index in [1.807, 2.05) is 12.1 Å². The molecule has 0 radical (unpaired) electrons. The van der Waals surface area contributed by atoms with Gasteiger partial charge in [0.2, 0.25) is 0 Å². The Morgan fingerprint density at radius 1 is 1.38 bits per heavy atom. The van der Waals surface area contributed by atoms with Crippen LogP contribution in [0, 0.1) is 5.92 Å². The number of methoxy groups -OCH3 is 1. The molecule has 1 saturated heterocycles. The van der Waals surface area contributed by atoms with Crippen LogP contribution in [0.5, 0.6) is 5.75 Å². The predicted octanol–water partition coefficient (Wildman–Crippen LogP) is 1.39. The molecule has 3 nitrogen and oxygen atoms in total. The van der Waals surface area contributed by atoms with Crippen LogP contribution in [0.2, 0.25) is 0 Å². The largest absolute Gasteiger partial charge is 0.497 e. The third kappa shape index (κ3) is 3.22. The van der Waals surface area contributed by atoms with E-state index < -0.39 is 0 Å². The second-order valence-electron chi connectivity index (χ2n) is 4.34. The van der Waals surface area contributed by atoms with Gasteiger partial charge in [-0.3, -0.25) is 0 Å². The van der Waals surface area contributed by atoms with Gasteiger partial charge in [0.15, 0.2) is 0 Å². The fourth-order valence-corrected chi connectivity index (χ4v) is 2.05. The van der Waals surface area contributed by atoms with E-state index in [-0.39, 0.29) is 0 Å². The van der Waals surface area contributed by atoms with Crippen molar-refractivity contribution in [2.45, 2.75) is 13.0 Å². The zero-order valence-corrected chi connectivity index (χ0v) is 9.83. The zero-order chi connectivity index (χ0) is 11.2. The topological polar surface area (TPSA) is 33.3 Å². The van der Waals surface area contributed by atoms with Gasteiger partial charge < -0.3 is 15.4 Å². The molecule has 1 atom stereocenters. The highest BCUT2D eigenvalue weighted by Crippen LogP contribution is 2.11. The van der Waals surface area contributed by atoms with Crippen molar-refractivity contribution in [2.24, 2.45) is 5.92 Å². The highest BCUT2D eigenvalue weighted by atomic mass is 16.5. The maximum absolute atomic E-state index is 5.13. The van der Waals surface area contributed by atoms with Crippen LogP contribution in [0.1, 0.15) is 12.0 Å². The molecule has 1 fully saturated rings. The summed E-state index contributed by atoms with van der Waals surface area (Å²) in [5.41, 5.74) is 1.31. The molecule has 1 aliphatic heterocycles. The normalized spacial score (nSPS) is 19.9. The third-order valence-corrected chi connectivity index (χ3v) is 3.08. The van der Waals surface area contributed by atoms with E-state index in [1.165, 1.54) is 18.5 Å². The van der Waals surface area contributed by atoms with Gasteiger partial charge in [-0.05, 0) is 49.7 Å². The summed E-state index contributed by atoms with van der Waals surface area (Å²) in [7, 11) is 1.69. The monoisotopic (exact) mass is 220 g/mol. The minimum absolute atomic E-state index is 0.804. The summed E-state index contributed by atoms with van der Waals surface area (Å²) in [5.74, 6) is 1.72. The van der Waals surface area contributed by atoms with Crippen LogP contribution in [-0.4, -0.2) is 26.7 Å². The van der Waals surface area contributed by atoms with Crippen LogP contribution in [0.4, 0.5) is 0 Å². The number of hydrogen-bond donors (Lipinski definition) is 2. The highest BCUT2D eigenvalue weighted by Gasteiger charge is 2.13. The quantitative estimate of drug-likeness (QED) is 0.787. The summed E-state index contributed by atoms with van der Waals surface area (Å²) in [6, 6.07) is 8.24. The second-order valence-corrected chi connectivity index (χ2v) is 4.34. The summed E-state index contributed by atoms with van der Waals surface area (Å²) < 4.78 is 5.13. The Morgan fingerprint density at radius 3 is 2.81 bits per heavy atom. The fourth-order valence-electron chi connectivity index (χ4n) is 2.05. The molecule has 1 heterocycles. The minimum Gasteiger partial charge on any atom is -0.497 e. The van der Waals surface area contributed by atoms with Crippen LogP contribution in [0.15, 0.2) is 24.3 Å². The van der Waals surface area contributed by atoms with Gasteiger partial charge in [-0.15, -0.1) is 0 Å². The smallest absolute Gasteiger partial charge is 0.118 e. The van der Waals surface area contributed by atoms with Gasteiger partial charge in [0.05, 0.1) is 7.11 Å². The molecule has 0 saturated carbocycles. The standard InChI is InChI=1S/C13H20N2O/c1-16-13-4-2-11(3-5-13)8-15-10-12-6-7-14-9-12/h2-5,12,14-15H,6-10H2,1H3. The highest BCUT2D eigenvalue weighted by molar-refractivity contribution is 5.26. The first-order valence-electron chi connectivity index (χ1n) is 5.93. The minimum atomic E-state index is 0.804. The van der Waals surface area contributed by atoms with Crippen molar-refractivity contribution in [2.75, 3.05) is 26.7 Å². The number of nitrogens with one attached hydrogen (secondary N) is 2. The molecule has 1 aliphatic rings. The molecule has 2 rings (SSSR count). The third-order valence-electron chi connectivity index (χ3n) is 3.08. The van der Waals surface area contributed by atoms with E-state index >= 15 is 0 Å². The van der Waals surface area contributed by atoms with Crippen LogP contribution >= 0.6 is 0 Å². The van der Waals surface area contributed by atoms with E-state index in [1.54, 1.807) is 7.11 Å². The van der Waals surface area contributed by atoms with Crippen LogP contribution < -0.4 is 15.4 Å². The summed E-state index contributed by atoms with van der Waals surface area (Å²) in [6.45, 7) is 4.39. The molecule has 2 N–H and O–H groups in total. The Balaban J connectivity index is 1.71. The van der Waals surface area contributed by atoms with E-state index in [2.05, 4.69) is 22.8 Å². The van der Waals surface area contributed by atoms with Gasteiger partial charge >= 0.3 is 0 Å². The van der Waals surface area contributed by atoms with Crippen molar-refractivity contribution < 1.29 is 4.74 Å². The van der Waals surface area contributed by atoms with Crippen molar-refractivity contribution >= 4 is 0 Å². The first-order chi connectivity index (χ1) is 7.88. The van der Waals surface area contributed by atoms with Gasteiger partial charge in [0, 0.05) is 6.54 Å². The zero-order valence-electron chi connectivity index (χ0n) is 9.83. The average molecular weight is 220 g/mol. The second kappa shape index (κ2) is 5.87. The Kier molecular flexibility index (Phi) is 4.19. The SMILES string of the molecule is COc1ccc(CNCC2CCNC2)cc1. The van der Waals surface area contributed by atoms with Crippen molar-refractivity contribution in [1.82, 2.24) is 10.6 Å². The summed E-state index contributed by atoms with van der Waals surface area (Å²) in [4.78, 5) is 0. The van der Waals surface area contributed by atoms with E-state index in [4.69, 9.17) is 4.74 Å². The van der Waals surface area contributed by atoms with E-state index in [9.17, 15) is 0 Å². The Bertz CT molecular complexity index is 304. The molecule has 16 heavy (non-hydrogen) atoms. The number of benzene rings is 1. The molecular weight excluding hydrogens is 200 g/mol. The maximum atomic E-state index is 5.13. The molecule has 3 heteroatoms. The van der Waals surface area contributed by atoms with Crippen molar-refractivity contribution in [1.29, 1.82) is 0 Å². The maximum Gasteiger partial charge on any atom is 0.118 e. The van der Waals surface area contributed by atoms with Crippen LogP contribution in [0.3, 0.4) is 0 Å². The number of rotatable bonds is 5. The number of hydrogen-bond acceptors (Lipinski definition) is 3. The molecule has 0 bridgehead atoms. The Labute approximate surface area is 97.2 Å². The van der Waals surface area contributed by atoms with Gasteiger partial charge in [-0.25, -0.2) is 0 Å². The fraction of sp³-hybridized carbons (Fsp3) is 0.538. The molecule has 1 aromatic rings. The van der Waals surface area contributed by atoms with Crippen LogP contribution in [-0.2, 0) is 6.54 Å². The van der Waals surface area contributed by atoms with Crippen molar-refractivity contribution in [3.63, 3.8) is 0 Å². The molecule has 0 aromatic heterocycles. The van der Waals surface area contributed by atoms with Gasteiger partial charge in [0.25, 0.3) is 0 Å². The summed E-state index contributed by atoms with van der Waals surface area (Å²) >= 11 is 0. The lowest BCUT2D eigenvalue weighted by molar-refractivity contribution is 0.414. The Hall–Kier alpha value is -1.06. The molecular formula is C13H20N2O. The van der Waals surface area contributed by atoms with Gasteiger partial charge in [-0.2, -0.15) is 0 Å².